The summed E-state index contributed by atoms with van der Waals surface area (Å²) in [6, 6.07) is 13.2. The molecule has 0 spiro atoms. The Hall–Kier alpha value is -2.36. The number of hydrogen-bond acceptors (Lipinski definition) is 6. The Labute approximate surface area is 162 Å². The van der Waals surface area contributed by atoms with Crippen molar-refractivity contribution in [3.8, 4) is 16.3 Å². The summed E-state index contributed by atoms with van der Waals surface area (Å²) in [5.74, 6) is 0.811. The molecular weight excluding hydrogens is 384 g/mol. The quantitative estimate of drug-likeness (QED) is 0.707. The molecule has 0 amide bonds. The lowest BCUT2D eigenvalue weighted by atomic mass is 10.2. The maximum atomic E-state index is 13.0. The van der Waals surface area contributed by atoms with Gasteiger partial charge in [-0.05, 0) is 42.5 Å². The summed E-state index contributed by atoms with van der Waals surface area (Å²) in [6.07, 6.45) is 1.65. The maximum absolute atomic E-state index is 13.0. The van der Waals surface area contributed by atoms with Gasteiger partial charge in [-0.15, -0.1) is 11.3 Å². The standard InChI is InChI=1S/C18H20N4O3S2/c1-25-15-4-2-14(3-5-15)21-10-12-22(13-11-21)27(23,24)18-7-6-17(26-18)16-8-9-19-20-16/h2-9H,10-13H2,1H3,(H,19,20). The van der Waals surface area contributed by atoms with Gasteiger partial charge in [0.1, 0.15) is 9.96 Å². The van der Waals surface area contributed by atoms with E-state index in [1.54, 1.807) is 23.7 Å². The molecule has 2 aromatic heterocycles. The molecule has 3 heterocycles. The molecule has 4 rings (SSSR count). The monoisotopic (exact) mass is 404 g/mol. The molecule has 3 aromatic rings. The zero-order chi connectivity index (χ0) is 18.9. The minimum atomic E-state index is -3.48. The van der Waals surface area contributed by atoms with Crippen LogP contribution in [-0.2, 0) is 10.0 Å². The molecule has 27 heavy (non-hydrogen) atoms. The summed E-state index contributed by atoms with van der Waals surface area (Å²) >= 11 is 1.26. The van der Waals surface area contributed by atoms with E-state index in [1.807, 2.05) is 36.4 Å². The van der Waals surface area contributed by atoms with E-state index in [1.165, 1.54) is 11.3 Å². The van der Waals surface area contributed by atoms with Gasteiger partial charge in [0.2, 0.25) is 0 Å². The Kier molecular flexibility index (Phi) is 4.90. The number of sulfonamides is 1. The van der Waals surface area contributed by atoms with Gasteiger partial charge in [-0.3, -0.25) is 5.10 Å². The second kappa shape index (κ2) is 7.34. The third-order valence-corrected chi connectivity index (χ3v) is 8.10. The largest absolute Gasteiger partial charge is 0.497 e. The topological polar surface area (TPSA) is 78.5 Å². The summed E-state index contributed by atoms with van der Waals surface area (Å²) in [5, 5.41) is 6.78. The molecule has 0 radical (unpaired) electrons. The van der Waals surface area contributed by atoms with E-state index < -0.39 is 10.0 Å². The SMILES string of the molecule is COc1ccc(N2CCN(S(=O)(=O)c3ccc(-c4ccn[nH]4)s3)CC2)cc1. The van der Waals surface area contributed by atoms with Gasteiger partial charge in [0, 0.05) is 38.1 Å². The van der Waals surface area contributed by atoms with Crippen LogP contribution in [0.2, 0.25) is 0 Å². The number of aromatic nitrogens is 2. The lowest BCUT2D eigenvalue weighted by molar-refractivity contribution is 0.385. The van der Waals surface area contributed by atoms with Crippen molar-refractivity contribution in [1.29, 1.82) is 0 Å². The van der Waals surface area contributed by atoms with E-state index in [-0.39, 0.29) is 0 Å². The van der Waals surface area contributed by atoms with Gasteiger partial charge in [0.05, 0.1) is 17.7 Å². The van der Waals surface area contributed by atoms with E-state index in [2.05, 4.69) is 15.1 Å². The van der Waals surface area contributed by atoms with Crippen LogP contribution in [-0.4, -0.2) is 56.2 Å². The van der Waals surface area contributed by atoms with Crippen molar-refractivity contribution in [2.75, 3.05) is 38.2 Å². The average molecular weight is 405 g/mol. The van der Waals surface area contributed by atoms with E-state index in [0.29, 0.717) is 30.4 Å². The van der Waals surface area contributed by atoms with Gasteiger partial charge in [-0.25, -0.2) is 8.42 Å². The summed E-state index contributed by atoms with van der Waals surface area (Å²) < 4.78 is 33.1. The normalized spacial score (nSPS) is 15.8. The number of nitrogens with one attached hydrogen (secondary N) is 1. The van der Waals surface area contributed by atoms with Gasteiger partial charge in [0.25, 0.3) is 10.0 Å². The van der Waals surface area contributed by atoms with Crippen molar-refractivity contribution in [1.82, 2.24) is 14.5 Å². The molecule has 9 heteroatoms. The van der Waals surface area contributed by atoms with Crippen molar-refractivity contribution < 1.29 is 13.2 Å². The number of H-pyrrole nitrogens is 1. The summed E-state index contributed by atoms with van der Waals surface area (Å²) in [5.41, 5.74) is 1.90. The zero-order valence-electron chi connectivity index (χ0n) is 14.8. The minimum absolute atomic E-state index is 0.366. The molecule has 1 N–H and O–H groups in total. The molecule has 1 fully saturated rings. The van der Waals surface area contributed by atoms with Crippen LogP contribution in [0.3, 0.4) is 0 Å². The number of ether oxygens (including phenoxy) is 1. The van der Waals surface area contributed by atoms with Crippen LogP contribution in [0.1, 0.15) is 0 Å². The Morgan fingerprint density at radius 2 is 1.78 bits per heavy atom. The molecular formula is C18H20N4O3S2. The summed E-state index contributed by atoms with van der Waals surface area (Å²) in [4.78, 5) is 3.05. The first-order chi connectivity index (χ1) is 13.1. The van der Waals surface area contributed by atoms with Crippen molar-refractivity contribution in [2.24, 2.45) is 0 Å². The molecule has 0 saturated carbocycles. The molecule has 1 aliphatic rings. The molecule has 1 saturated heterocycles. The fourth-order valence-corrected chi connectivity index (χ4v) is 5.96. The zero-order valence-corrected chi connectivity index (χ0v) is 16.5. The van der Waals surface area contributed by atoms with E-state index >= 15 is 0 Å². The van der Waals surface area contributed by atoms with Gasteiger partial charge in [-0.1, -0.05) is 0 Å². The molecule has 142 valence electrons. The Morgan fingerprint density at radius 3 is 2.41 bits per heavy atom. The predicted octanol–water partition coefficient (Wildman–Crippen LogP) is 2.66. The van der Waals surface area contributed by atoms with E-state index in [0.717, 1.165) is 22.0 Å². The van der Waals surface area contributed by atoms with Gasteiger partial charge in [0.15, 0.2) is 0 Å². The predicted molar refractivity (Wildman–Crippen MR) is 106 cm³/mol. The van der Waals surface area contributed by atoms with Crippen LogP contribution in [0.25, 0.3) is 10.6 Å². The summed E-state index contributed by atoms with van der Waals surface area (Å²) in [6.45, 7) is 2.24. The number of anilines is 1. The number of aromatic amines is 1. The maximum Gasteiger partial charge on any atom is 0.252 e. The third kappa shape index (κ3) is 3.58. The highest BCUT2D eigenvalue weighted by atomic mass is 32.2. The van der Waals surface area contributed by atoms with Crippen LogP contribution >= 0.6 is 11.3 Å². The van der Waals surface area contributed by atoms with Crippen LogP contribution in [0.15, 0.2) is 52.9 Å². The average Bonchev–Trinajstić information content (AvgIpc) is 3.40. The van der Waals surface area contributed by atoms with Crippen LogP contribution in [0, 0.1) is 0 Å². The fraction of sp³-hybridized carbons (Fsp3) is 0.278. The molecule has 1 aromatic carbocycles. The van der Waals surface area contributed by atoms with Crippen molar-refractivity contribution in [2.45, 2.75) is 4.21 Å². The van der Waals surface area contributed by atoms with Crippen molar-refractivity contribution >= 4 is 27.0 Å². The number of thiophene rings is 1. The van der Waals surface area contributed by atoms with E-state index in [9.17, 15) is 8.42 Å². The van der Waals surface area contributed by atoms with Crippen LogP contribution < -0.4 is 9.64 Å². The van der Waals surface area contributed by atoms with Gasteiger partial charge in [-0.2, -0.15) is 9.40 Å². The first kappa shape index (κ1) is 18.0. The minimum Gasteiger partial charge on any atom is -0.497 e. The van der Waals surface area contributed by atoms with Crippen LogP contribution in [0.4, 0.5) is 5.69 Å². The van der Waals surface area contributed by atoms with E-state index in [4.69, 9.17) is 4.74 Å². The first-order valence-electron chi connectivity index (χ1n) is 8.57. The molecule has 0 bridgehead atoms. The lowest BCUT2D eigenvalue weighted by Crippen LogP contribution is -2.48. The number of rotatable bonds is 5. The second-order valence-electron chi connectivity index (χ2n) is 6.18. The molecule has 0 atom stereocenters. The number of methoxy groups -OCH3 is 1. The number of nitrogens with zero attached hydrogens (tertiary/aromatic N) is 3. The van der Waals surface area contributed by atoms with Crippen LogP contribution in [0.5, 0.6) is 5.75 Å². The highest BCUT2D eigenvalue weighted by molar-refractivity contribution is 7.91. The number of benzene rings is 1. The number of piperazine rings is 1. The molecule has 0 aliphatic carbocycles. The van der Waals surface area contributed by atoms with Crippen molar-refractivity contribution in [3.05, 3.63) is 48.7 Å². The van der Waals surface area contributed by atoms with Crippen molar-refractivity contribution in [3.63, 3.8) is 0 Å². The summed E-state index contributed by atoms with van der Waals surface area (Å²) in [7, 11) is -1.84. The lowest BCUT2D eigenvalue weighted by Gasteiger charge is -2.35. The Bertz CT molecular complexity index is 990. The van der Waals surface area contributed by atoms with Gasteiger partial charge >= 0.3 is 0 Å². The molecule has 0 unspecified atom stereocenters. The Balaban J connectivity index is 1.45. The molecule has 1 aliphatic heterocycles. The van der Waals surface area contributed by atoms with Gasteiger partial charge < -0.3 is 9.64 Å². The fourth-order valence-electron chi connectivity index (χ4n) is 3.10. The highest BCUT2D eigenvalue weighted by Gasteiger charge is 2.30. The molecule has 7 nitrogen and oxygen atoms in total. The smallest absolute Gasteiger partial charge is 0.252 e. The Morgan fingerprint density at radius 1 is 1.04 bits per heavy atom. The first-order valence-corrected chi connectivity index (χ1v) is 10.8. The highest BCUT2D eigenvalue weighted by Crippen LogP contribution is 2.32. The second-order valence-corrected chi connectivity index (χ2v) is 9.43. The number of hydrogen-bond donors (Lipinski definition) is 1. The third-order valence-electron chi connectivity index (χ3n) is 4.62.